The van der Waals surface area contributed by atoms with E-state index in [4.69, 9.17) is 16.0 Å². The van der Waals surface area contributed by atoms with Crippen LogP contribution in [0, 0.1) is 17.8 Å². The van der Waals surface area contributed by atoms with Gasteiger partial charge in [-0.25, -0.2) is 0 Å². The third kappa shape index (κ3) is 3.36. The van der Waals surface area contributed by atoms with Gasteiger partial charge in [0, 0.05) is 43.3 Å². The highest BCUT2D eigenvalue weighted by atomic mass is 35.5. The zero-order valence-corrected chi connectivity index (χ0v) is 19.0. The minimum Gasteiger partial charge on any atom is -0.423 e. The number of nitrogens with zero attached hydrogens (tertiary/aromatic N) is 3. The second kappa shape index (κ2) is 8.38. The molecule has 9 heteroatoms. The first-order chi connectivity index (χ1) is 13.7. The lowest BCUT2D eigenvalue weighted by Crippen LogP contribution is -2.48. The van der Waals surface area contributed by atoms with E-state index < -0.39 is 0 Å². The molecule has 1 aromatic heterocycles. The molecule has 4 aliphatic rings. The van der Waals surface area contributed by atoms with Crippen LogP contribution in [-0.2, 0) is 4.79 Å². The van der Waals surface area contributed by atoms with Crippen molar-refractivity contribution in [1.82, 2.24) is 15.2 Å². The number of amides is 1. The fourth-order valence-electron chi connectivity index (χ4n) is 6.18. The monoisotopic (exact) mass is 472 g/mol. The van der Waals surface area contributed by atoms with E-state index in [-0.39, 0.29) is 30.7 Å². The summed E-state index contributed by atoms with van der Waals surface area (Å²) < 4.78 is 5.95. The number of nitrogens with one attached hydrogen (secondary N) is 1. The molecule has 164 valence electrons. The number of halogens is 3. The molecule has 0 spiro atoms. The quantitative estimate of drug-likeness (QED) is 0.720. The highest BCUT2D eigenvalue weighted by molar-refractivity contribution is 6.31. The van der Waals surface area contributed by atoms with Crippen molar-refractivity contribution in [3.8, 4) is 0 Å². The predicted molar refractivity (Wildman–Crippen MR) is 122 cm³/mol. The number of anilines is 1. The summed E-state index contributed by atoms with van der Waals surface area (Å²) in [4.78, 5) is 22.5. The molecule has 6 rings (SSSR count). The van der Waals surface area contributed by atoms with E-state index in [1.807, 2.05) is 18.2 Å². The van der Waals surface area contributed by atoms with Crippen LogP contribution in [0.15, 0.2) is 22.6 Å². The summed E-state index contributed by atoms with van der Waals surface area (Å²) in [6, 6.07) is 7.02. The summed E-state index contributed by atoms with van der Waals surface area (Å²) in [6.45, 7) is 3.74. The summed E-state index contributed by atoms with van der Waals surface area (Å²) in [5.74, 6) is 1.75. The van der Waals surface area contributed by atoms with Crippen LogP contribution in [0.2, 0.25) is 5.02 Å². The van der Waals surface area contributed by atoms with E-state index >= 15 is 0 Å². The number of rotatable bonds is 2. The number of piperidine rings is 1. The molecule has 4 fully saturated rings. The molecule has 0 aliphatic carbocycles. The summed E-state index contributed by atoms with van der Waals surface area (Å²) in [5, 5.41) is 4.19. The van der Waals surface area contributed by atoms with Gasteiger partial charge in [0.25, 0.3) is 6.01 Å². The molecule has 0 saturated carbocycles. The van der Waals surface area contributed by atoms with E-state index in [1.165, 1.54) is 12.8 Å². The smallest absolute Gasteiger partial charge is 0.298 e. The minimum atomic E-state index is 0. The third-order valence-corrected chi connectivity index (χ3v) is 7.64. The lowest BCUT2D eigenvalue weighted by molar-refractivity contribution is -0.137. The van der Waals surface area contributed by atoms with Crippen LogP contribution in [0.5, 0.6) is 0 Å². The summed E-state index contributed by atoms with van der Waals surface area (Å²) in [5.41, 5.74) is 1.51. The van der Waals surface area contributed by atoms with Gasteiger partial charge in [-0.3, -0.25) is 4.79 Å². The lowest BCUT2D eigenvalue weighted by Gasteiger charge is -2.35. The number of hydrogen-bond donors (Lipinski definition) is 1. The standard InChI is InChI=1S/C21H25ClN4O2.2ClH/c22-13-3-6-19-16(8-13)24-21(28-19)25-7-1-2-12(11-25)20(27)26-17-4-5-18(26)15-10-23-9-14(15)17;;/h3,6,8,12,14-15,17-18,23H,1-2,4-5,7,9-11H2;2*1H/t12?,14-,15+,17-,18+;;. The number of carbonyl (C=O) groups excluding carboxylic acids is 1. The van der Waals surface area contributed by atoms with Gasteiger partial charge in [0.1, 0.15) is 5.52 Å². The Labute approximate surface area is 193 Å². The average Bonchev–Trinajstić information content (AvgIpc) is 3.46. The van der Waals surface area contributed by atoms with Gasteiger partial charge in [0.15, 0.2) is 5.58 Å². The van der Waals surface area contributed by atoms with Crippen molar-refractivity contribution in [3.63, 3.8) is 0 Å². The van der Waals surface area contributed by atoms with Crippen molar-refractivity contribution in [2.45, 2.75) is 37.8 Å². The van der Waals surface area contributed by atoms with Crippen LogP contribution in [0.4, 0.5) is 6.01 Å². The van der Waals surface area contributed by atoms with Gasteiger partial charge < -0.3 is 19.5 Å². The Morgan fingerprint density at radius 3 is 2.60 bits per heavy atom. The first kappa shape index (κ1) is 22.0. The molecule has 1 aromatic carbocycles. The van der Waals surface area contributed by atoms with E-state index in [2.05, 4.69) is 20.1 Å². The molecule has 6 nitrogen and oxygen atoms in total. The van der Waals surface area contributed by atoms with E-state index in [9.17, 15) is 4.79 Å². The first-order valence-corrected chi connectivity index (χ1v) is 10.9. The molecule has 5 heterocycles. The highest BCUT2D eigenvalue weighted by Gasteiger charge is 2.56. The molecule has 4 saturated heterocycles. The van der Waals surface area contributed by atoms with Gasteiger partial charge >= 0.3 is 0 Å². The van der Waals surface area contributed by atoms with Gasteiger partial charge in [0.2, 0.25) is 5.91 Å². The molecule has 2 bridgehead atoms. The number of oxazole rings is 1. The van der Waals surface area contributed by atoms with Crippen molar-refractivity contribution in [2.75, 3.05) is 31.1 Å². The average molecular weight is 474 g/mol. The van der Waals surface area contributed by atoms with Crippen LogP contribution in [0.3, 0.4) is 0 Å². The maximum atomic E-state index is 13.5. The predicted octanol–water partition coefficient (Wildman–Crippen LogP) is 3.75. The van der Waals surface area contributed by atoms with Crippen molar-refractivity contribution >= 4 is 59.4 Å². The molecule has 2 aromatic rings. The lowest BCUT2D eigenvalue weighted by atomic mass is 9.82. The molecule has 30 heavy (non-hydrogen) atoms. The Hall–Kier alpha value is -1.21. The molecule has 4 aliphatic heterocycles. The number of hydrogen-bond acceptors (Lipinski definition) is 5. The van der Waals surface area contributed by atoms with Gasteiger partial charge in [-0.05, 0) is 55.7 Å². The van der Waals surface area contributed by atoms with E-state index in [1.54, 1.807) is 0 Å². The van der Waals surface area contributed by atoms with Crippen molar-refractivity contribution in [1.29, 1.82) is 0 Å². The Morgan fingerprint density at radius 2 is 1.87 bits per heavy atom. The number of aromatic nitrogens is 1. The third-order valence-electron chi connectivity index (χ3n) is 7.41. The fraction of sp³-hybridized carbons (Fsp3) is 0.619. The zero-order valence-electron chi connectivity index (χ0n) is 16.6. The van der Waals surface area contributed by atoms with E-state index in [0.29, 0.717) is 47.4 Å². The van der Waals surface area contributed by atoms with E-state index in [0.717, 1.165) is 43.6 Å². The van der Waals surface area contributed by atoms with Crippen LogP contribution in [0.1, 0.15) is 25.7 Å². The largest absolute Gasteiger partial charge is 0.423 e. The van der Waals surface area contributed by atoms with Crippen molar-refractivity contribution in [2.24, 2.45) is 17.8 Å². The SMILES string of the molecule is Cl.Cl.O=C(C1CCCN(c2nc3cc(Cl)ccc3o2)C1)N1[C@@H]2CC[C@H]1[C@H]1CNC[C@H]12. The fourth-order valence-corrected chi connectivity index (χ4v) is 6.35. The first-order valence-electron chi connectivity index (χ1n) is 10.5. The molecule has 1 amide bonds. The second-order valence-corrected chi connectivity index (χ2v) is 9.27. The molecular formula is C21H27Cl3N4O2. The molecule has 1 N–H and O–H groups in total. The number of fused-ring (bicyclic) bond motifs is 6. The Bertz CT molecular complexity index is 920. The maximum Gasteiger partial charge on any atom is 0.298 e. The molecule has 5 atom stereocenters. The van der Waals surface area contributed by atoms with Gasteiger partial charge in [0.05, 0.1) is 5.92 Å². The molecule has 0 radical (unpaired) electrons. The Balaban J connectivity index is 0.00000109. The zero-order chi connectivity index (χ0) is 18.8. The minimum absolute atomic E-state index is 0. The normalized spacial score (nSPS) is 32.1. The van der Waals surface area contributed by atoms with Crippen molar-refractivity contribution < 1.29 is 9.21 Å². The summed E-state index contributed by atoms with van der Waals surface area (Å²) in [6.07, 6.45) is 4.32. The van der Waals surface area contributed by atoms with Gasteiger partial charge in [-0.1, -0.05) is 11.6 Å². The highest BCUT2D eigenvalue weighted by Crippen LogP contribution is 2.48. The molecule has 1 unspecified atom stereocenters. The summed E-state index contributed by atoms with van der Waals surface area (Å²) >= 11 is 6.07. The van der Waals surface area contributed by atoms with Crippen LogP contribution in [0.25, 0.3) is 11.1 Å². The van der Waals surface area contributed by atoms with Crippen LogP contribution >= 0.6 is 36.4 Å². The Morgan fingerprint density at radius 1 is 1.13 bits per heavy atom. The maximum absolute atomic E-state index is 13.5. The topological polar surface area (TPSA) is 61.6 Å². The Kier molecular flexibility index (Phi) is 6.14. The van der Waals surface area contributed by atoms with Gasteiger partial charge in [-0.2, -0.15) is 4.98 Å². The summed E-state index contributed by atoms with van der Waals surface area (Å²) in [7, 11) is 0. The number of carbonyl (C=O) groups is 1. The van der Waals surface area contributed by atoms with Crippen molar-refractivity contribution in [3.05, 3.63) is 23.2 Å². The molecular weight excluding hydrogens is 447 g/mol. The van der Waals surface area contributed by atoms with Crippen LogP contribution in [-0.4, -0.2) is 54.1 Å². The number of benzene rings is 1. The van der Waals surface area contributed by atoms with Gasteiger partial charge in [-0.15, -0.1) is 24.8 Å². The van der Waals surface area contributed by atoms with Crippen LogP contribution < -0.4 is 10.2 Å². The second-order valence-electron chi connectivity index (χ2n) is 8.84.